The van der Waals surface area contributed by atoms with Crippen molar-refractivity contribution >= 4 is 37.6 Å². The van der Waals surface area contributed by atoms with Gasteiger partial charge in [-0.25, -0.2) is 4.79 Å². The Labute approximate surface area is 242 Å². The van der Waals surface area contributed by atoms with Crippen LogP contribution in [0.1, 0.15) is 42.5 Å². The molecule has 11 heteroatoms. The molecule has 0 radical (unpaired) electrons. The van der Waals surface area contributed by atoms with Crippen molar-refractivity contribution in [3.8, 4) is 0 Å². The van der Waals surface area contributed by atoms with Crippen molar-refractivity contribution in [2.24, 2.45) is 0 Å². The molecule has 2 aromatic carbocycles. The summed E-state index contributed by atoms with van der Waals surface area (Å²) < 4.78 is 0. The van der Waals surface area contributed by atoms with Gasteiger partial charge in [-0.1, -0.05) is 49.5 Å². The number of hydrogen-bond donors (Lipinski definition) is 4. The maximum Gasteiger partial charge on any atom is 0.407 e. The Kier molecular flexibility index (Phi) is 9.06. The average molecular weight is 580 g/mol. The number of amides is 4. The number of carboxylic acid groups (broad SMARTS) is 1. The zero-order valence-electron chi connectivity index (χ0n) is 24.2. The van der Waals surface area contributed by atoms with Crippen LogP contribution >= 0.6 is 0 Å². The summed E-state index contributed by atoms with van der Waals surface area (Å²) in [4.78, 5) is 55.0. The van der Waals surface area contributed by atoms with Gasteiger partial charge in [-0.2, -0.15) is 0 Å². The van der Waals surface area contributed by atoms with Crippen LogP contribution in [-0.4, -0.2) is 78.1 Å². The van der Waals surface area contributed by atoms with E-state index in [0.717, 1.165) is 35.3 Å². The number of benzene rings is 2. The number of anilines is 1. The molecule has 1 heterocycles. The molecule has 4 rings (SSSR count). The molecule has 2 aromatic rings. The van der Waals surface area contributed by atoms with E-state index in [0.29, 0.717) is 17.9 Å². The molecule has 0 aromatic heterocycles. The van der Waals surface area contributed by atoms with E-state index in [1.165, 1.54) is 19.5 Å². The highest BCUT2D eigenvalue weighted by Gasteiger charge is 2.47. The lowest BCUT2D eigenvalue weighted by atomic mass is 9.87. The van der Waals surface area contributed by atoms with Crippen LogP contribution in [-0.2, 0) is 27.2 Å². The second-order valence-electron chi connectivity index (χ2n) is 12.1. The number of hydrogen-bond acceptors (Lipinski definition) is 5. The maximum absolute atomic E-state index is 14.2. The van der Waals surface area contributed by atoms with Gasteiger partial charge in [-0.05, 0) is 61.1 Å². The topological polar surface area (TPSA) is 145 Å². The highest BCUT2D eigenvalue weighted by Crippen LogP contribution is 2.32. The van der Waals surface area contributed by atoms with E-state index in [1.807, 2.05) is 12.1 Å². The van der Waals surface area contributed by atoms with Crippen LogP contribution in [0.5, 0.6) is 0 Å². The number of rotatable bonds is 8. The van der Waals surface area contributed by atoms with E-state index >= 15 is 0 Å². The van der Waals surface area contributed by atoms with Crippen molar-refractivity contribution in [3.05, 3.63) is 65.2 Å². The summed E-state index contributed by atoms with van der Waals surface area (Å²) in [5.41, 5.74) is 9.57. The minimum Gasteiger partial charge on any atom is -0.465 e. The molecule has 10 nitrogen and oxygen atoms in total. The van der Waals surface area contributed by atoms with Gasteiger partial charge in [0.05, 0.1) is 14.1 Å². The van der Waals surface area contributed by atoms with Crippen LogP contribution < -0.4 is 16.4 Å². The number of nitrogens with zero attached hydrogens (tertiary/aromatic N) is 2. The first-order valence-corrected chi connectivity index (χ1v) is 17.6. The highest BCUT2D eigenvalue weighted by atomic mass is 28.3. The second-order valence-corrected chi connectivity index (χ2v) is 17.1. The third-order valence-electron chi connectivity index (χ3n) is 8.29. The zero-order chi connectivity index (χ0) is 29.9. The number of carbonyl (C=O) groups excluding carboxylic acids is 3. The van der Waals surface area contributed by atoms with E-state index < -0.39 is 38.2 Å². The van der Waals surface area contributed by atoms with Crippen LogP contribution in [0.2, 0.25) is 19.1 Å². The fourth-order valence-electron chi connectivity index (χ4n) is 5.83. The van der Waals surface area contributed by atoms with Gasteiger partial charge in [0.15, 0.2) is 0 Å². The SMILES string of the molecule is C[C@@H](C(=O)N[C@@H](Cc1ccc(N)cc1)C(=O)N1C[Si](C)(C)CC1C(=O)NC1CCCc2ccccc21)N(C)C(=O)O. The molecular weight excluding hydrogens is 538 g/mol. The molecule has 1 fully saturated rings. The number of carbonyl (C=O) groups is 4. The van der Waals surface area contributed by atoms with Crippen molar-refractivity contribution in [2.75, 3.05) is 18.9 Å². The smallest absolute Gasteiger partial charge is 0.407 e. The lowest BCUT2D eigenvalue weighted by Gasteiger charge is -2.32. The molecule has 1 saturated heterocycles. The molecule has 4 amide bonds. The summed E-state index contributed by atoms with van der Waals surface area (Å²) in [6.07, 6.45) is 2.23. The number of nitrogens with one attached hydrogen (secondary N) is 2. The average Bonchev–Trinajstić information content (AvgIpc) is 3.28. The Morgan fingerprint density at radius 2 is 1.80 bits per heavy atom. The lowest BCUT2D eigenvalue weighted by Crippen LogP contribution is -2.57. The molecule has 0 spiro atoms. The Hall–Kier alpha value is -3.86. The molecule has 2 aliphatic rings. The Morgan fingerprint density at radius 1 is 1.12 bits per heavy atom. The summed E-state index contributed by atoms with van der Waals surface area (Å²) in [7, 11) is -0.633. The van der Waals surface area contributed by atoms with Gasteiger partial charge in [0, 0.05) is 25.3 Å². The van der Waals surface area contributed by atoms with Gasteiger partial charge in [0.1, 0.15) is 18.1 Å². The Morgan fingerprint density at radius 3 is 2.49 bits per heavy atom. The minimum absolute atomic E-state index is 0.104. The Balaban J connectivity index is 1.58. The molecule has 0 bridgehead atoms. The van der Waals surface area contributed by atoms with Gasteiger partial charge < -0.3 is 26.4 Å². The van der Waals surface area contributed by atoms with E-state index in [2.05, 4.69) is 35.9 Å². The molecule has 5 N–H and O–H groups in total. The molecule has 1 aliphatic carbocycles. The van der Waals surface area contributed by atoms with Crippen LogP contribution in [0.15, 0.2) is 48.5 Å². The van der Waals surface area contributed by atoms with E-state index in [9.17, 15) is 24.3 Å². The normalized spacial score (nSPS) is 20.8. The number of nitrogens with two attached hydrogens (primary N) is 1. The lowest BCUT2D eigenvalue weighted by molar-refractivity contribution is -0.141. The molecule has 4 atom stereocenters. The largest absolute Gasteiger partial charge is 0.465 e. The van der Waals surface area contributed by atoms with E-state index in [-0.39, 0.29) is 24.3 Å². The van der Waals surface area contributed by atoms with Gasteiger partial charge in [0.2, 0.25) is 17.7 Å². The fraction of sp³-hybridized carbons (Fsp3) is 0.467. The predicted octanol–water partition coefficient (Wildman–Crippen LogP) is 2.95. The van der Waals surface area contributed by atoms with Crippen molar-refractivity contribution in [2.45, 2.75) is 75.9 Å². The van der Waals surface area contributed by atoms with Gasteiger partial charge in [-0.3, -0.25) is 19.3 Å². The van der Waals surface area contributed by atoms with E-state index in [1.54, 1.807) is 29.2 Å². The van der Waals surface area contributed by atoms with Crippen molar-refractivity contribution in [3.63, 3.8) is 0 Å². The summed E-state index contributed by atoms with van der Waals surface area (Å²) in [5, 5.41) is 15.4. The first kappa shape index (κ1) is 30.1. The van der Waals surface area contributed by atoms with Crippen LogP contribution in [0.25, 0.3) is 0 Å². The molecule has 220 valence electrons. The molecule has 1 aliphatic heterocycles. The van der Waals surface area contributed by atoms with E-state index in [4.69, 9.17) is 5.73 Å². The van der Waals surface area contributed by atoms with Crippen molar-refractivity contribution in [1.82, 2.24) is 20.4 Å². The molecule has 2 unspecified atom stereocenters. The predicted molar refractivity (Wildman–Crippen MR) is 160 cm³/mol. The van der Waals surface area contributed by atoms with Gasteiger partial charge in [-0.15, -0.1) is 0 Å². The summed E-state index contributed by atoms with van der Waals surface area (Å²) >= 11 is 0. The maximum atomic E-state index is 14.2. The summed E-state index contributed by atoms with van der Waals surface area (Å²) in [6, 6.07) is 13.1. The minimum atomic E-state index is -1.94. The molecule has 0 saturated carbocycles. The van der Waals surface area contributed by atoms with Gasteiger partial charge in [0.25, 0.3) is 0 Å². The first-order chi connectivity index (χ1) is 19.4. The summed E-state index contributed by atoms with van der Waals surface area (Å²) in [5.74, 6) is -1.10. The Bertz CT molecular complexity index is 1300. The first-order valence-electron chi connectivity index (χ1n) is 14.2. The third-order valence-corrected chi connectivity index (χ3v) is 11.0. The quantitative estimate of drug-likeness (QED) is 0.280. The van der Waals surface area contributed by atoms with Gasteiger partial charge >= 0.3 is 6.09 Å². The van der Waals surface area contributed by atoms with Crippen LogP contribution in [0.3, 0.4) is 0 Å². The third kappa shape index (κ3) is 7.08. The van der Waals surface area contributed by atoms with Crippen molar-refractivity contribution < 1.29 is 24.3 Å². The fourth-order valence-corrected chi connectivity index (χ4v) is 8.71. The van der Waals surface area contributed by atoms with Crippen LogP contribution in [0.4, 0.5) is 10.5 Å². The number of likely N-dealkylation sites (N-methyl/N-ethyl adjacent to an activating group) is 1. The molecule has 41 heavy (non-hydrogen) atoms. The van der Waals surface area contributed by atoms with Crippen molar-refractivity contribution in [1.29, 1.82) is 0 Å². The highest BCUT2D eigenvalue weighted by molar-refractivity contribution is 6.79. The zero-order valence-corrected chi connectivity index (χ0v) is 25.2. The number of nitrogen functional groups attached to an aromatic ring is 1. The number of fused-ring (bicyclic) bond motifs is 1. The number of aryl methyl sites for hydroxylation is 1. The monoisotopic (exact) mass is 579 g/mol. The standard InChI is InChI=1S/C30H41N5O5Si/c1-19(34(2)30(39)40)27(36)33-25(16-20-12-14-22(31)15-13-20)29(38)35-18-41(3,4)17-26(35)28(37)32-24-11-7-9-21-8-5-6-10-23(21)24/h5-6,8,10,12-15,19,24-26H,7,9,11,16-18,31H2,1-4H3,(H,32,37)(H,33,36)(H,39,40)/t19-,24?,25-,26?/m0/s1. The second kappa shape index (κ2) is 12.3. The molecular formula is C30H41N5O5Si. The summed E-state index contributed by atoms with van der Waals surface area (Å²) in [6.45, 7) is 5.79. The van der Waals surface area contributed by atoms with Crippen LogP contribution in [0, 0.1) is 0 Å².